The summed E-state index contributed by atoms with van der Waals surface area (Å²) < 4.78 is 62.1. The van der Waals surface area contributed by atoms with Gasteiger partial charge in [0, 0.05) is 41.0 Å². The van der Waals surface area contributed by atoms with Crippen molar-refractivity contribution in [1.29, 1.82) is 0 Å². The predicted octanol–water partition coefficient (Wildman–Crippen LogP) is 4.63. The minimum absolute atomic E-state index is 0.0644. The van der Waals surface area contributed by atoms with Gasteiger partial charge in [0.05, 0.1) is 30.2 Å². The molecule has 0 aliphatic carbocycles. The third-order valence-corrected chi connectivity index (χ3v) is 12.9. The molecule has 1 aromatic carbocycles. The highest BCUT2D eigenvalue weighted by molar-refractivity contribution is 14.1. The number of aromatic nitrogens is 3. The molecule has 1 saturated heterocycles. The maximum Gasteiger partial charge on any atom is 0.490 e. The number of phosphoric ester groups is 1. The molecule has 1 aliphatic rings. The lowest BCUT2D eigenvalue weighted by Crippen LogP contribution is -2.29. The molecule has 6 unspecified atom stereocenters. The second kappa shape index (κ2) is 17.1. The Morgan fingerprint density at radius 1 is 1.19 bits per heavy atom. The van der Waals surface area contributed by atoms with Gasteiger partial charge in [-0.25, -0.2) is 23.7 Å². The van der Waals surface area contributed by atoms with Gasteiger partial charge in [0.2, 0.25) is 0 Å². The molecule has 48 heavy (non-hydrogen) atoms. The van der Waals surface area contributed by atoms with Crippen molar-refractivity contribution in [2.75, 3.05) is 24.6 Å². The first kappa shape index (κ1) is 39.2. The van der Waals surface area contributed by atoms with Crippen molar-refractivity contribution in [1.82, 2.24) is 19.9 Å². The molecule has 4 rings (SSSR count). The first-order valence-electron chi connectivity index (χ1n) is 13.5. The first-order valence-corrected chi connectivity index (χ1v) is 21.5. The van der Waals surface area contributed by atoms with Gasteiger partial charge in [0.15, 0.2) is 0 Å². The number of nitrogens with zero attached hydrogens (tertiary/aromatic N) is 3. The van der Waals surface area contributed by atoms with E-state index in [0.717, 1.165) is 11.3 Å². The highest BCUT2D eigenvalue weighted by Gasteiger charge is 2.44. The van der Waals surface area contributed by atoms with E-state index in [2.05, 4.69) is 35.7 Å². The fourth-order valence-electron chi connectivity index (χ4n) is 4.37. The normalized spacial score (nSPS) is 21.2. The molecule has 0 radical (unpaired) electrons. The average Bonchev–Trinajstić information content (AvgIpc) is 3.56. The van der Waals surface area contributed by atoms with E-state index in [1.807, 2.05) is 37.3 Å². The quantitative estimate of drug-likeness (QED) is 0.0231. The van der Waals surface area contributed by atoms with Gasteiger partial charge in [0.1, 0.15) is 35.6 Å². The number of hydrogen-bond acceptors (Lipinski definition) is 14. The topological polar surface area (TPSA) is 264 Å². The number of nitrogens with one attached hydrogen (secondary N) is 1. The molecule has 2 aromatic heterocycles. The minimum Gasteiger partial charge on any atom is -0.383 e. The van der Waals surface area contributed by atoms with Crippen LogP contribution in [0.4, 0.5) is 10.6 Å². The number of amides is 1. The van der Waals surface area contributed by atoms with E-state index in [-0.39, 0.29) is 22.7 Å². The van der Waals surface area contributed by atoms with E-state index >= 15 is 0 Å². The molecule has 24 heteroatoms. The van der Waals surface area contributed by atoms with E-state index in [9.17, 15) is 28.3 Å². The Kier molecular flexibility index (Phi) is 14.0. The van der Waals surface area contributed by atoms with Gasteiger partial charge >= 0.3 is 23.5 Å². The minimum atomic E-state index is -5.74. The van der Waals surface area contributed by atoms with Crippen LogP contribution in [-0.2, 0) is 36.3 Å². The fourth-order valence-corrected chi connectivity index (χ4v) is 9.55. The van der Waals surface area contributed by atoms with Gasteiger partial charge in [-0.05, 0) is 5.56 Å². The largest absolute Gasteiger partial charge is 0.490 e. The molecule has 18 nitrogen and oxygen atoms in total. The smallest absolute Gasteiger partial charge is 0.383 e. The van der Waals surface area contributed by atoms with Crippen molar-refractivity contribution >= 4 is 88.4 Å². The zero-order valence-electron chi connectivity index (χ0n) is 24.6. The number of phosphoric acid groups is 3. The number of ether oxygens (including phenoxy) is 2. The van der Waals surface area contributed by atoms with Crippen molar-refractivity contribution in [3.8, 4) is 11.8 Å². The van der Waals surface area contributed by atoms with Gasteiger partial charge in [-0.3, -0.25) is 9.32 Å². The van der Waals surface area contributed by atoms with Crippen LogP contribution < -0.4 is 11.1 Å². The Labute approximate surface area is 295 Å². The van der Waals surface area contributed by atoms with Crippen molar-refractivity contribution < 1.29 is 60.7 Å². The summed E-state index contributed by atoms with van der Waals surface area (Å²) in [5.41, 5.74) is 7.23. The number of hydrogen-bond donors (Lipinski definition) is 6. The predicted molar refractivity (Wildman–Crippen MR) is 184 cm³/mol. The first-order chi connectivity index (χ1) is 22.6. The Morgan fingerprint density at radius 3 is 2.58 bits per heavy atom. The molecule has 1 aliphatic heterocycles. The molecular weight excluding hydrogens is 850 g/mol. The summed E-state index contributed by atoms with van der Waals surface area (Å²) in [7, 11) is -13.8. The summed E-state index contributed by atoms with van der Waals surface area (Å²) in [4.78, 5) is 57.0. The number of benzene rings is 1. The van der Waals surface area contributed by atoms with Gasteiger partial charge in [-0.2, -0.15) is 8.62 Å². The van der Waals surface area contributed by atoms with Crippen molar-refractivity contribution in [3.05, 3.63) is 54.0 Å². The number of nitrogen functional groups attached to an aromatic ring is 1. The number of carbonyl (C=O) groups excluding carboxylic acids is 1. The molecule has 1 fully saturated rings. The van der Waals surface area contributed by atoms with Crippen LogP contribution in [0.2, 0.25) is 0 Å². The van der Waals surface area contributed by atoms with Gasteiger partial charge in [-0.1, -0.05) is 70.7 Å². The SMILES string of the molecule is CCSSC(OC1CC(n2cc(C#CCNC(=O)I)c3c(N)ncnc32)OC1COP(=O)(O)OP(=O)(O)OP(=O)(O)O)c1ccccc1. The van der Waals surface area contributed by atoms with Crippen LogP contribution in [0.15, 0.2) is 42.9 Å². The molecule has 0 spiro atoms. The number of nitrogens with two attached hydrogens (primary N) is 1. The maximum atomic E-state index is 12.6. The molecule has 7 N–H and O–H groups in total. The Hall–Kier alpha value is -1.57. The molecule has 0 saturated carbocycles. The number of anilines is 1. The molecule has 3 heterocycles. The summed E-state index contributed by atoms with van der Waals surface area (Å²) >= 11 is 1.58. The number of carbonyl (C=O) groups is 1. The maximum absolute atomic E-state index is 12.6. The second-order valence-electron chi connectivity index (χ2n) is 9.51. The Balaban J connectivity index is 1.65. The monoisotopic (exact) mass is 879 g/mol. The third kappa shape index (κ3) is 11.5. The summed E-state index contributed by atoms with van der Waals surface area (Å²) in [6.45, 7) is 1.30. The molecule has 0 bridgehead atoms. The van der Waals surface area contributed by atoms with E-state index in [1.54, 1.807) is 33.4 Å². The van der Waals surface area contributed by atoms with E-state index in [4.69, 9.17) is 29.5 Å². The van der Waals surface area contributed by atoms with Gasteiger partial charge in [-0.15, -0.1) is 0 Å². The van der Waals surface area contributed by atoms with Crippen LogP contribution in [0.3, 0.4) is 0 Å². The average molecular weight is 879 g/mol. The molecule has 3 aromatic rings. The van der Waals surface area contributed by atoms with Crippen LogP contribution in [0, 0.1) is 11.8 Å². The van der Waals surface area contributed by atoms with Crippen molar-refractivity contribution in [2.24, 2.45) is 0 Å². The lowest BCUT2D eigenvalue weighted by Gasteiger charge is -2.25. The summed E-state index contributed by atoms with van der Waals surface area (Å²) in [6.07, 6.45) is 0.229. The highest BCUT2D eigenvalue weighted by Crippen LogP contribution is 2.66. The molecule has 1 amide bonds. The summed E-state index contributed by atoms with van der Waals surface area (Å²) in [5.74, 6) is 6.66. The van der Waals surface area contributed by atoms with Gasteiger partial charge < -0.3 is 44.7 Å². The standard InChI is InChI=1S/C24H29IN5O13P3S2/c1-2-47-48-23(15-7-4-3-5-8-15)41-17-11-19(40-18(17)13-39-45(35,36)43-46(37,38)42-44(32,33)34)30-12-16(9-6-10-27-24(25)31)20-21(26)28-14-29-22(20)30/h3-5,7-8,12,14,17-19,23H,2,10-11,13H2,1H3,(H,27,31)(H,35,36)(H,37,38)(H2,26,28,29)(H2,32,33,34). The van der Waals surface area contributed by atoms with Crippen LogP contribution in [0.25, 0.3) is 11.0 Å². The third-order valence-electron chi connectivity index (χ3n) is 6.13. The second-order valence-corrected chi connectivity index (χ2v) is 17.6. The lowest BCUT2D eigenvalue weighted by molar-refractivity contribution is -0.0643. The summed E-state index contributed by atoms with van der Waals surface area (Å²) in [5, 5.41) is 2.98. The molecular formula is C24H29IN5O13P3S2. The number of rotatable bonds is 15. The van der Waals surface area contributed by atoms with Crippen LogP contribution in [0.1, 0.15) is 36.1 Å². The summed E-state index contributed by atoms with van der Waals surface area (Å²) in [6, 6.07) is 9.26. The Morgan fingerprint density at radius 2 is 1.92 bits per heavy atom. The van der Waals surface area contributed by atoms with Crippen molar-refractivity contribution in [3.63, 3.8) is 0 Å². The van der Waals surface area contributed by atoms with Crippen LogP contribution >= 0.6 is 67.6 Å². The lowest BCUT2D eigenvalue weighted by atomic mass is 10.1. The molecule has 262 valence electrons. The van der Waals surface area contributed by atoms with Crippen LogP contribution in [0.5, 0.6) is 0 Å². The fraction of sp³-hybridized carbons (Fsp3) is 0.375. The zero-order valence-corrected chi connectivity index (χ0v) is 31.1. The number of halogens is 1. The van der Waals surface area contributed by atoms with Crippen LogP contribution in [-0.4, -0.2) is 69.1 Å². The Bertz CT molecular complexity index is 1810. The molecule has 6 atom stereocenters. The number of fused-ring (bicyclic) bond motifs is 1. The van der Waals surface area contributed by atoms with Gasteiger partial charge in [0.25, 0.3) is 3.91 Å². The van der Waals surface area contributed by atoms with E-state index in [0.29, 0.717) is 16.6 Å². The zero-order chi connectivity index (χ0) is 35.1. The highest BCUT2D eigenvalue weighted by atomic mass is 127. The van der Waals surface area contributed by atoms with Crippen molar-refractivity contribution in [2.45, 2.75) is 37.2 Å². The van der Waals surface area contributed by atoms with E-state index < -0.39 is 53.9 Å². The van der Waals surface area contributed by atoms with E-state index in [1.165, 1.54) is 27.9 Å².